The zero-order valence-electron chi connectivity index (χ0n) is 12.5. The highest BCUT2D eigenvalue weighted by atomic mass is 79.9. The minimum Gasteiger partial charge on any atom is -0.374 e. The van der Waals surface area contributed by atoms with Gasteiger partial charge in [-0.3, -0.25) is 14.7 Å². The lowest BCUT2D eigenvalue weighted by Crippen LogP contribution is -2.48. The number of rotatable bonds is 5. The average Bonchev–Trinajstić information content (AvgIpc) is 2.44. The van der Waals surface area contributed by atoms with Crippen molar-refractivity contribution in [2.45, 2.75) is 20.0 Å². The van der Waals surface area contributed by atoms with Crippen LogP contribution in [0.15, 0.2) is 22.9 Å². The topological polar surface area (TPSA) is 54.5 Å². The summed E-state index contributed by atoms with van der Waals surface area (Å²) >= 11 is 3.31. The number of nitrogens with one attached hydrogen (secondary N) is 1. The van der Waals surface area contributed by atoms with Crippen LogP contribution < -0.4 is 5.32 Å². The van der Waals surface area contributed by atoms with Crippen LogP contribution in [0.1, 0.15) is 24.2 Å². The molecule has 6 heteroatoms. The van der Waals surface area contributed by atoms with E-state index in [1.807, 2.05) is 0 Å². The molecule has 116 valence electrons. The number of hydrogen-bond donors (Lipinski definition) is 1. The Morgan fingerprint density at radius 2 is 2.38 bits per heavy atom. The number of nitrogens with zero attached hydrogens (tertiary/aromatic N) is 2. The molecule has 1 aromatic heterocycles. The number of pyridine rings is 1. The Bertz CT molecular complexity index is 482. The second kappa shape index (κ2) is 7.87. The molecule has 1 aromatic rings. The summed E-state index contributed by atoms with van der Waals surface area (Å²) in [5.74, 6) is 0.527. The van der Waals surface area contributed by atoms with Gasteiger partial charge < -0.3 is 10.1 Å². The van der Waals surface area contributed by atoms with Gasteiger partial charge in [0.15, 0.2) is 0 Å². The van der Waals surface area contributed by atoms with E-state index in [1.165, 1.54) is 0 Å². The second-order valence-electron chi connectivity index (χ2n) is 5.75. The number of carbonyl (C=O) groups is 1. The Morgan fingerprint density at radius 1 is 1.57 bits per heavy atom. The van der Waals surface area contributed by atoms with Crippen LogP contribution in [0.25, 0.3) is 0 Å². The number of morpholine rings is 1. The minimum atomic E-state index is -0.117. The largest absolute Gasteiger partial charge is 0.374 e. The van der Waals surface area contributed by atoms with Gasteiger partial charge in [0.25, 0.3) is 5.91 Å². The first-order chi connectivity index (χ1) is 10.0. The van der Waals surface area contributed by atoms with Gasteiger partial charge in [-0.25, -0.2) is 0 Å². The molecule has 1 fully saturated rings. The Labute approximate surface area is 134 Å². The van der Waals surface area contributed by atoms with Crippen molar-refractivity contribution in [2.75, 3.05) is 32.8 Å². The average molecular weight is 356 g/mol. The van der Waals surface area contributed by atoms with Crippen molar-refractivity contribution in [3.05, 3.63) is 28.5 Å². The maximum atomic E-state index is 12.1. The smallest absolute Gasteiger partial charge is 0.252 e. The first-order valence-electron chi connectivity index (χ1n) is 7.27. The van der Waals surface area contributed by atoms with Gasteiger partial charge in [0, 0.05) is 43.0 Å². The predicted molar refractivity (Wildman–Crippen MR) is 85.3 cm³/mol. The van der Waals surface area contributed by atoms with Gasteiger partial charge in [-0.2, -0.15) is 0 Å². The van der Waals surface area contributed by atoms with Crippen molar-refractivity contribution < 1.29 is 9.53 Å². The monoisotopic (exact) mass is 355 g/mol. The van der Waals surface area contributed by atoms with Crippen LogP contribution in [0.5, 0.6) is 0 Å². The van der Waals surface area contributed by atoms with Gasteiger partial charge in [0.1, 0.15) is 0 Å². The van der Waals surface area contributed by atoms with Crippen molar-refractivity contribution in [2.24, 2.45) is 5.92 Å². The molecule has 1 saturated heterocycles. The molecule has 0 aliphatic carbocycles. The number of ether oxygens (including phenoxy) is 1. The number of halogens is 1. The Hall–Kier alpha value is -0.980. The number of hydrogen-bond acceptors (Lipinski definition) is 4. The molecule has 5 nitrogen and oxygen atoms in total. The highest BCUT2D eigenvalue weighted by Crippen LogP contribution is 2.10. The van der Waals surface area contributed by atoms with E-state index in [-0.39, 0.29) is 12.0 Å². The van der Waals surface area contributed by atoms with E-state index in [4.69, 9.17) is 4.74 Å². The second-order valence-corrected chi connectivity index (χ2v) is 6.66. The van der Waals surface area contributed by atoms with Crippen molar-refractivity contribution in [3.63, 3.8) is 0 Å². The van der Waals surface area contributed by atoms with Crippen LogP contribution in [0.3, 0.4) is 0 Å². The van der Waals surface area contributed by atoms with E-state index in [0.29, 0.717) is 18.0 Å². The van der Waals surface area contributed by atoms with E-state index in [9.17, 15) is 4.79 Å². The fourth-order valence-corrected chi connectivity index (χ4v) is 2.80. The molecule has 1 aliphatic rings. The van der Waals surface area contributed by atoms with Crippen LogP contribution in [0, 0.1) is 5.92 Å². The van der Waals surface area contributed by atoms with Crippen LogP contribution in [-0.2, 0) is 4.74 Å². The third-order valence-electron chi connectivity index (χ3n) is 3.30. The van der Waals surface area contributed by atoms with Gasteiger partial charge >= 0.3 is 0 Å². The van der Waals surface area contributed by atoms with E-state index >= 15 is 0 Å². The highest BCUT2D eigenvalue weighted by Gasteiger charge is 2.21. The highest BCUT2D eigenvalue weighted by molar-refractivity contribution is 9.10. The van der Waals surface area contributed by atoms with E-state index in [1.54, 1.807) is 18.5 Å². The summed E-state index contributed by atoms with van der Waals surface area (Å²) in [4.78, 5) is 18.4. The molecular weight excluding hydrogens is 334 g/mol. The number of amides is 1. The standard InChI is InChI=1S/C15H22BrN3O2/c1-11(2)9-19-3-4-21-14(10-19)8-18-15(20)12-5-13(16)7-17-6-12/h5-7,11,14H,3-4,8-10H2,1-2H3,(H,18,20). The third kappa shape index (κ3) is 5.37. The first kappa shape index (κ1) is 16.4. The van der Waals surface area contributed by atoms with E-state index in [0.717, 1.165) is 30.7 Å². The molecule has 1 unspecified atom stereocenters. The SMILES string of the molecule is CC(C)CN1CCOC(CNC(=O)c2cncc(Br)c2)C1. The molecule has 1 N–H and O–H groups in total. The Balaban J connectivity index is 1.81. The number of carbonyl (C=O) groups excluding carboxylic acids is 1. The van der Waals surface area contributed by atoms with Gasteiger partial charge in [-0.15, -0.1) is 0 Å². The minimum absolute atomic E-state index is 0.0570. The zero-order chi connectivity index (χ0) is 15.2. The lowest BCUT2D eigenvalue weighted by Gasteiger charge is -2.33. The van der Waals surface area contributed by atoms with Crippen LogP contribution in [-0.4, -0.2) is 54.7 Å². The molecule has 0 aromatic carbocycles. The van der Waals surface area contributed by atoms with E-state index in [2.05, 4.69) is 45.0 Å². The maximum Gasteiger partial charge on any atom is 0.252 e. The fraction of sp³-hybridized carbons (Fsp3) is 0.600. The fourth-order valence-electron chi connectivity index (χ4n) is 2.43. The maximum absolute atomic E-state index is 12.1. The molecule has 1 aliphatic heterocycles. The summed E-state index contributed by atoms with van der Waals surface area (Å²) in [6.07, 6.45) is 3.28. The third-order valence-corrected chi connectivity index (χ3v) is 3.74. The molecule has 1 atom stereocenters. The van der Waals surface area contributed by atoms with Crippen molar-refractivity contribution >= 4 is 21.8 Å². The molecule has 2 heterocycles. The summed E-state index contributed by atoms with van der Waals surface area (Å²) in [7, 11) is 0. The van der Waals surface area contributed by atoms with Crippen LogP contribution >= 0.6 is 15.9 Å². The van der Waals surface area contributed by atoms with Crippen LogP contribution in [0.2, 0.25) is 0 Å². The summed E-state index contributed by atoms with van der Waals surface area (Å²) < 4.78 is 6.52. The summed E-state index contributed by atoms with van der Waals surface area (Å²) in [6, 6.07) is 1.76. The van der Waals surface area contributed by atoms with Gasteiger partial charge in [-0.05, 0) is 27.9 Å². The molecule has 21 heavy (non-hydrogen) atoms. The molecule has 0 radical (unpaired) electrons. The summed E-state index contributed by atoms with van der Waals surface area (Å²) in [5, 5.41) is 2.92. The molecule has 0 saturated carbocycles. The van der Waals surface area contributed by atoms with Crippen molar-refractivity contribution in [3.8, 4) is 0 Å². The van der Waals surface area contributed by atoms with Crippen LogP contribution in [0.4, 0.5) is 0 Å². The first-order valence-corrected chi connectivity index (χ1v) is 8.06. The molecular formula is C15H22BrN3O2. The lowest BCUT2D eigenvalue weighted by atomic mass is 10.1. The molecule has 2 rings (SSSR count). The van der Waals surface area contributed by atoms with Crippen molar-refractivity contribution in [1.82, 2.24) is 15.2 Å². The summed E-state index contributed by atoms with van der Waals surface area (Å²) in [5.41, 5.74) is 0.555. The van der Waals surface area contributed by atoms with E-state index < -0.39 is 0 Å². The lowest BCUT2D eigenvalue weighted by molar-refractivity contribution is -0.0295. The van der Waals surface area contributed by atoms with Gasteiger partial charge in [0.2, 0.25) is 0 Å². The number of aromatic nitrogens is 1. The zero-order valence-corrected chi connectivity index (χ0v) is 14.1. The van der Waals surface area contributed by atoms with Gasteiger partial charge in [0.05, 0.1) is 18.3 Å². The Morgan fingerprint density at radius 3 is 3.10 bits per heavy atom. The molecule has 0 bridgehead atoms. The molecule has 1 amide bonds. The Kier molecular flexibility index (Phi) is 6.14. The van der Waals surface area contributed by atoms with Crippen molar-refractivity contribution in [1.29, 1.82) is 0 Å². The quantitative estimate of drug-likeness (QED) is 0.876. The summed E-state index contributed by atoms with van der Waals surface area (Å²) in [6.45, 7) is 8.60. The molecule has 0 spiro atoms. The predicted octanol–water partition coefficient (Wildman–Crippen LogP) is 1.93. The normalized spacial score (nSPS) is 19.7. The van der Waals surface area contributed by atoms with Gasteiger partial charge in [-0.1, -0.05) is 13.8 Å².